The van der Waals surface area contributed by atoms with Gasteiger partial charge in [-0.1, -0.05) is 0 Å². The quantitative estimate of drug-likeness (QED) is 0.694. The smallest absolute Gasteiger partial charge is 0.306 e. The topological polar surface area (TPSA) is 89.1 Å². The summed E-state index contributed by atoms with van der Waals surface area (Å²) in [6, 6.07) is 1.70. The van der Waals surface area contributed by atoms with Crippen molar-refractivity contribution in [1.82, 2.24) is 9.97 Å². The van der Waals surface area contributed by atoms with Crippen molar-refractivity contribution < 1.29 is 9.90 Å². The van der Waals surface area contributed by atoms with Gasteiger partial charge >= 0.3 is 5.97 Å². The van der Waals surface area contributed by atoms with Crippen LogP contribution in [0.25, 0.3) is 0 Å². The fourth-order valence-corrected chi connectivity index (χ4v) is 1.17. The summed E-state index contributed by atoms with van der Waals surface area (Å²) >= 11 is 0. The van der Waals surface area contributed by atoms with Gasteiger partial charge in [-0.05, 0) is 19.0 Å². The van der Waals surface area contributed by atoms with Crippen LogP contribution in [0.4, 0.5) is 0 Å². The van der Waals surface area contributed by atoms with E-state index in [1.165, 1.54) is 0 Å². The standard InChI is InChI=1S/C9H13N3O2/c10-3-2-7(9(13)14)6-8-11-4-1-5-12-8/h1,4-5,7H,2-3,6,10H2,(H,13,14). The highest BCUT2D eigenvalue weighted by Gasteiger charge is 2.17. The number of hydrogen-bond donors (Lipinski definition) is 2. The molecule has 0 aliphatic heterocycles. The number of carboxylic acids is 1. The van der Waals surface area contributed by atoms with E-state index < -0.39 is 11.9 Å². The molecule has 1 aromatic rings. The number of hydrogen-bond acceptors (Lipinski definition) is 4. The van der Waals surface area contributed by atoms with Gasteiger partial charge in [0.2, 0.25) is 0 Å². The lowest BCUT2D eigenvalue weighted by molar-refractivity contribution is -0.141. The molecule has 3 N–H and O–H groups in total. The number of nitrogens with two attached hydrogens (primary N) is 1. The summed E-state index contributed by atoms with van der Waals surface area (Å²) in [6.07, 6.45) is 3.99. The summed E-state index contributed by atoms with van der Waals surface area (Å²) in [4.78, 5) is 18.7. The maximum Gasteiger partial charge on any atom is 0.306 e. The number of carboxylic acid groups (broad SMARTS) is 1. The summed E-state index contributed by atoms with van der Waals surface area (Å²) in [5.41, 5.74) is 5.32. The number of aliphatic carboxylic acids is 1. The van der Waals surface area contributed by atoms with E-state index in [0.717, 1.165) is 0 Å². The molecule has 0 fully saturated rings. The van der Waals surface area contributed by atoms with E-state index in [4.69, 9.17) is 10.8 Å². The van der Waals surface area contributed by atoms with E-state index in [2.05, 4.69) is 9.97 Å². The van der Waals surface area contributed by atoms with Crippen molar-refractivity contribution in [3.8, 4) is 0 Å². The van der Waals surface area contributed by atoms with E-state index in [0.29, 0.717) is 25.2 Å². The van der Waals surface area contributed by atoms with Crippen molar-refractivity contribution in [1.29, 1.82) is 0 Å². The molecular weight excluding hydrogens is 182 g/mol. The van der Waals surface area contributed by atoms with Gasteiger partial charge in [-0.15, -0.1) is 0 Å². The summed E-state index contributed by atoms with van der Waals surface area (Å²) in [6.45, 7) is 0.365. The molecule has 1 unspecified atom stereocenters. The second kappa shape index (κ2) is 5.29. The van der Waals surface area contributed by atoms with Crippen LogP contribution < -0.4 is 5.73 Å². The van der Waals surface area contributed by atoms with Gasteiger partial charge in [-0.2, -0.15) is 0 Å². The maximum absolute atomic E-state index is 10.8. The summed E-state index contributed by atoms with van der Waals surface area (Å²) in [7, 11) is 0. The molecule has 1 heterocycles. The highest BCUT2D eigenvalue weighted by Crippen LogP contribution is 2.08. The molecule has 5 heteroatoms. The van der Waals surface area contributed by atoms with Crippen LogP contribution >= 0.6 is 0 Å². The van der Waals surface area contributed by atoms with Gasteiger partial charge in [0.15, 0.2) is 0 Å². The van der Waals surface area contributed by atoms with Gasteiger partial charge in [0.1, 0.15) is 5.82 Å². The number of aromatic nitrogens is 2. The van der Waals surface area contributed by atoms with Crippen LogP contribution in [-0.4, -0.2) is 27.6 Å². The first-order valence-electron chi connectivity index (χ1n) is 4.42. The molecule has 1 atom stereocenters. The molecule has 14 heavy (non-hydrogen) atoms. The van der Waals surface area contributed by atoms with E-state index in [1.807, 2.05) is 0 Å². The van der Waals surface area contributed by atoms with Crippen molar-refractivity contribution in [2.45, 2.75) is 12.8 Å². The van der Waals surface area contributed by atoms with Crippen LogP contribution in [0.15, 0.2) is 18.5 Å². The zero-order chi connectivity index (χ0) is 10.4. The van der Waals surface area contributed by atoms with Crippen LogP contribution in [0.2, 0.25) is 0 Å². The SMILES string of the molecule is NCCC(Cc1ncccn1)C(=O)O. The number of rotatable bonds is 5. The number of nitrogens with zero attached hydrogens (tertiary/aromatic N) is 2. The van der Waals surface area contributed by atoms with Crippen LogP contribution in [0.1, 0.15) is 12.2 Å². The van der Waals surface area contributed by atoms with Crippen LogP contribution in [0.3, 0.4) is 0 Å². The minimum atomic E-state index is -0.845. The van der Waals surface area contributed by atoms with Crippen molar-refractivity contribution >= 4 is 5.97 Å². The largest absolute Gasteiger partial charge is 0.481 e. The summed E-state index contributed by atoms with van der Waals surface area (Å²) in [5, 5.41) is 8.85. The maximum atomic E-state index is 10.8. The third-order valence-electron chi connectivity index (χ3n) is 1.91. The lowest BCUT2D eigenvalue weighted by Gasteiger charge is -2.08. The highest BCUT2D eigenvalue weighted by molar-refractivity contribution is 5.70. The molecule has 0 radical (unpaired) electrons. The fraction of sp³-hybridized carbons (Fsp3) is 0.444. The Labute approximate surface area is 82.0 Å². The molecule has 0 bridgehead atoms. The van der Waals surface area contributed by atoms with Gasteiger partial charge in [0.05, 0.1) is 5.92 Å². The first kappa shape index (κ1) is 10.6. The average Bonchev–Trinajstić information content (AvgIpc) is 2.18. The molecule has 76 valence electrons. The minimum Gasteiger partial charge on any atom is -0.481 e. The zero-order valence-corrected chi connectivity index (χ0v) is 7.76. The highest BCUT2D eigenvalue weighted by atomic mass is 16.4. The fourth-order valence-electron chi connectivity index (χ4n) is 1.17. The molecule has 0 saturated heterocycles. The monoisotopic (exact) mass is 195 g/mol. The van der Waals surface area contributed by atoms with E-state index >= 15 is 0 Å². The number of carbonyl (C=O) groups is 1. The lowest BCUT2D eigenvalue weighted by Crippen LogP contribution is -2.21. The molecule has 5 nitrogen and oxygen atoms in total. The molecule has 0 spiro atoms. The first-order chi connectivity index (χ1) is 6.74. The Balaban J connectivity index is 2.60. The second-order valence-electron chi connectivity index (χ2n) is 2.98. The van der Waals surface area contributed by atoms with Crippen molar-refractivity contribution in [2.75, 3.05) is 6.54 Å². The summed E-state index contributed by atoms with van der Waals surface area (Å²) < 4.78 is 0. The Bertz CT molecular complexity index is 289. The van der Waals surface area contributed by atoms with Gasteiger partial charge in [-0.3, -0.25) is 4.79 Å². The molecule has 0 amide bonds. The van der Waals surface area contributed by atoms with Gasteiger partial charge in [-0.25, -0.2) is 9.97 Å². The molecule has 0 aromatic carbocycles. The van der Waals surface area contributed by atoms with Crippen molar-refractivity contribution in [3.05, 3.63) is 24.3 Å². The predicted molar refractivity (Wildman–Crippen MR) is 50.5 cm³/mol. The second-order valence-corrected chi connectivity index (χ2v) is 2.98. The first-order valence-corrected chi connectivity index (χ1v) is 4.42. The third kappa shape index (κ3) is 3.10. The Kier molecular flexibility index (Phi) is 4.00. The molecule has 0 aliphatic rings. The Morgan fingerprint density at radius 3 is 2.64 bits per heavy atom. The average molecular weight is 195 g/mol. The normalized spacial score (nSPS) is 12.4. The Morgan fingerprint density at radius 2 is 2.14 bits per heavy atom. The molecular formula is C9H13N3O2. The van der Waals surface area contributed by atoms with Crippen LogP contribution in [-0.2, 0) is 11.2 Å². The predicted octanol–water partition coefficient (Wildman–Crippen LogP) is 0.0687. The molecule has 0 aliphatic carbocycles. The van der Waals surface area contributed by atoms with Crippen molar-refractivity contribution in [3.63, 3.8) is 0 Å². The Hall–Kier alpha value is -1.49. The van der Waals surface area contributed by atoms with Gasteiger partial charge in [0.25, 0.3) is 0 Å². The Morgan fingerprint density at radius 1 is 1.50 bits per heavy atom. The van der Waals surface area contributed by atoms with Crippen LogP contribution in [0, 0.1) is 5.92 Å². The van der Waals surface area contributed by atoms with Crippen molar-refractivity contribution in [2.24, 2.45) is 11.7 Å². The zero-order valence-electron chi connectivity index (χ0n) is 7.76. The summed E-state index contributed by atoms with van der Waals surface area (Å²) in [5.74, 6) is -0.779. The minimum absolute atomic E-state index is 0.341. The van der Waals surface area contributed by atoms with E-state index in [-0.39, 0.29) is 0 Å². The molecule has 0 saturated carbocycles. The lowest BCUT2D eigenvalue weighted by atomic mass is 10.0. The van der Waals surface area contributed by atoms with E-state index in [9.17, 15) is 4.79 Å². The molecule has 1 aromatic heterocycles. The third-order valence-corrected chi connectivity index (χ3v) is 1.91. The van der Waals surface area contributed by atoms with Crippen LogP contribution in [0.5, 0.6) is 0 Å². The van der Waals surface area contributed by atoms with E-state index in [1.54, 1.807) is 18.5 Å². The van der Waals surface area contributed by atoms with Gasteiger partial charge < -0.3 is 10.8 Å². The van der Waals surface area contributed by atoms with Gasteiger partial charge in [0, 0.05) is 18.8 Å². The molecule has 1 rings (SSSR count).